The molecule has 0 bridgehead atoms. The van der Waals surface area contributed by atoms with Crippen LogP contribution >= 0.6 is 0 Å². The second-order valence-electron chi connectivity index (χ2n) is 6.63. The van der Waals surface area contributed by atoms with Crippen molar-refractivity contribution in [1.29, 1.82) is 0 Å². The number of nitrogens with zero attached hydrogens (tertiary/aromatic N) is 2. The first-order valence-electron chi connectivity index (χ1n) is 8.94. The van der Waals surface area contributed by atoms with Crippen LogP contribution in [0.2, 0.25) is 0 Å². The lowest BCUT2D eigenvalue weighted by Gasteiger charge is -2.30. The first-order chi connectivity index (χ1) is 13.6. The summed E-state index contributed by atoms with van der Waals surface area (Å²) in [7, 11) is 0. The van der Waals surface area contributed by atoms with Gasteiger partial charge in [-0.1, -0.05) is 29.8 Å². The zero-order chi connectivity index (χ0) is 19.5. The van der Waals surface area contributed by atoms with Crippen LogP contribution in [-0.2, 0) is 11.3 Å². The summed E-state index contributed by atoms with van der Waals surface area (Å²) < 4.78 is 5.56. The van der Waals surface area contributed by atoms with Crippen molar-refractivity contribution >= 4 is 23.2 Å². The summed E-state index contributed by atoms with van der Waals surface area (Å²) in [5.41, 5.74) is 3.94. The van der Waals surface area contributed by atoms with Crippen molar-refractivity contribution in [2.75, 3.05) is 16.8 Å². The van der Waals surface area contributed by atoms with Gasteiger partial charge in [0, 0.05) is 23.6 Å². The third kappa shape index (κ3) is 3.71. The highest BCUT2D eigenvalue weighted by Crippen LogP contribution is 2.35. The van der Waals surface area contributed by atoms with E-state index in [-0.39, 0.29) is 18.4 Å². The van der Waals surface area contributed by atoms with Gasteiger partial charge in [-0.15, -0.1) is 0 Å². The molecule has 2 amide bonds. The Labute approximate surface area is 162 Å². The molecule has 0 atom stereocenters. The molecule has 6 nitrogen and oxygen atoms in total. The molecule has 140 valence electrons. The van der Waals surface area contributed by atoms with Gasteiger partial charge in [0.2, 0.25) is 0 Å². The van der Waals surface area contributed by atoms with E-state index in [9.17, 15) is 9.59 Å². The second kappa shape index (κ2) is 7.52. The molecule has 1 N–H and O–H groups in total. The first-order valence-corrected chi connectivity index (χ1v) is 8.94. The predicted molar refractivity (Wildman–Crippen MR) is 106 cm³/mol. The molecule has 1 aliphatic heterocycles. The lowest BCUT2D eigenvalue weighted by molar-refractivity contribution is -0.121. The van der Waals surface area contributed by atoms with Gasteiger partial charge in [-0.3, -0.25) is 14.6 Å². The zero-order valence-corrected chi connectivity index (χ0v) is 15.4. The minimum absolute atomic E-state index is 0.00157. The van der Waals surface area contributed by atoms with Crippen LogP contribution < -0.4 is 15.0 Å². The quantitative estimate of drug-likeness (QED) is 0.759. The number of aryl methyl sites for hydroxylation is 1. The highest BCUT2D eigenvalue weighted by molar-refractivity contribution is 6.05. The van der Waals surface area contributed by atoms with Crippen LogP contribution in [0.4, 0.5) is 11.4 Å². The van der Waals surface area contributed by atoms with Crippen LogP contribution in [0, 0.1) is 6.92 Å². The van der Waals surface area contributed by atoms with Gasteiger partial charge in [0.05, 0.1) is 12.2 Å². The number of carbonyl (C=O) groups excluding carboxylic acids is 2. The number of aromatic nitrogens is 1. The molecule has 0 saturated carbocycles. The van der Waals surface area contributed by atoms with Crippen molar-refractivity contribution in [2.24, 2.45) is 0 Å². The van der Waals surface area contributed by atoms with E-state index < -0.39 is 0 Å². The average molecular weight is 373 g/mol. The van der Waals surface area contributed by atoms with Crippen LogP contribution in [0.5, 0.6) is 5.75 Å². The van der Waals surface area contributed by atoms with E-state index in [1.54, 1.807) is 47.6 Å². The number of fused-ring (bicyclic) bond motifs is 1. The number of carbonyl (C=O) groups is 2. The molecular formula is C22H19N3O3. The lowest BCUT2D eigenvalue weighted by Crippen LogP contribution is -2.38. The van der Waals surface area contributed by atoms with E-state index in [2.05, 4.69) is 10.3 Å². The minimum Gasteiger partial charge on any atom is -0.482 e. The summed E-state index contributed by atoms with van der Waals surface area (Å²) >= 11 is 0. The molecular weight excluding hydrogens is 354 g/mol. The number of amides is 2. The molecule has 28 heavy (non-hydrogen) atoms. The molecule has 6 heteroatoms. The van der Waals surface area contributed by atoms with Gasteiger partial charge in [-0.05, 0) is 42.8 Å². The van der Waals surface area contributed by atoms with E-state index in [4.69, 9.17) is 4.74 Å². The van der Waals surface area contributed by atoms with Crippen molar-refractivity contribution in [3.63, 3.8) is 0 Å². The van der Waals surface area contributed by atoms with Gasteiger partial charge in [0.15, 0.2) is 6.61 Å². The fraction of sp³-hybridized carbons (Fsp3) is 0.136. The number of hydrogen-bond donors (Lipinski definition) is 1. The molecule has 2 heterocycles. The van der Waals surface area contributed by atoms with Gasteiger partial charge in [0.25, 0.3) is 11.8 Å². The Morgan fingerprint density at radius 1 is 1.11 bits per heavy atom. The van der Waals surface area contributed by atoms with Gasteiger partial charge < -0.3 is 15.0 Å². The SMILES string of the molecule is Cc1ccc(CN2C(=O)COc3ccc(NC(=O)c4ccncc4)cc32)cc1. The second-order valence-corrected chi connectivity index (χ2v) is 6.63. The summed E-state index contributed by atoms with van der Waals surface area (Å²) in [6.45, 7) is 2.47. The summed E-state index contributed by atoms with van der Waals surface area (Å²) in [5, 5.41) is 2.85. The maximum absolute atomic E-state index is 12.5. The first kappa shape index (κ1) is 17.7. The zero-order valence-electron chi connectivity index (χ0n) is 15.4. The van der Waals surface area contributed by atoms with Crippen molar-refractivity contribution < 1.29 is 14.3 Å². The van der Waals surface area contributed by atoms with Gasteiger partial charge >= 0.3 is 0 Å². The predicted octanol–water partition coefficient (Wildman–Crippen LogP) is 3.57. The highest BCUT2D eigenvalue weighted by Gasteiger charge is 2.26. The van der Waals surface area contributed by atoms with Crippen molar-refractivity contribution in [1.82, 2.24) is 4.98 Å². The Morgan fingerprint density at radius 3 is 2.61 bits per heavy atom. The molecule has 0 fully saturated rings. The number of rotatable bonds is 4. The van der Waals surface area contributed by atoms with E-state index in [1.165, 1.54) is 5.56 Å². The van der Waals surface area contributed by atoms with Crippen LogP contribution in [0.1, 0.15) is 21.5 Å². The summed E-state index contributed by atoms with van der Waals surface area (Å²) in [6, 6.07) is 16.6. The minimum atomic E-state index is -0.240. The molecule has 0 unspecified atom stereocenters. The Kier molecular flexibility index (Phi) is 4.76. The van der Waals surface area contributed by atoms with E-state index in [1.807, 2.05) is 31.2 Å². The average Bonchev–Trinajstić information content (AvgIpc) is 2.72. The van der Waals surface area contributed by atoms with Gasteiger partial charge in [0.1, 0.15) is 5.75 Å². The molecule has 1 aromatic heterocycles. The lowest BCUT2D eigenvalue weighted by atomic mass is 10.1. The molecule has 0 aliphatic carbocycles. The fourth-order valence-corrected chi connectivity index (χ4v) is 3.04. The third-order valence-corrected chi connectivity index (χ3v) is 4.56. The van der Waals surface area contributed by atoms with E-state index in [0.717, 1.165) is 5.56 Å². The van der Waals surface area contributed by atoms with Gasteiger partial charge in [-0.2, -0.15) is 0 Å². The Hall–Kier alpha value is -3.67. The molecule has 3 aromatic rings. The molecule has 0 spiro atoms. The highest BCUT2D eigenvalue weighted by atomic mass is 16.5. The number of ether oxygens (including phenoxy) is 1. The molecule has 1 aliphatic rings. The Bertz CT molecular complexity index is 1020. The standard InChI is InChI=1S/C22H19N3O3/c1-15-2-4-16(5-3-15)13-25-19-12-18(6-7-20(19)28-14-21(25)26)24-22(27)17-8-10-23-11-9-17/h2-12H,13-14H2,1H3,(H,24,27). The van der Waals surface area contributed by atoms with Crippen LogP contribution in [0.3, 0.4) is 0 Å². The van der Waals surface area contributed by atoms with Crippen molar-refractivity contribution in [3.8, 4) is 5.75 Å². The monoisotopic (exact) mass is 373 g/mol. The normalized spacial score (nSPS) is 12.9. The Morgan fingerprint density at radius 2 is 1.86 bits per heavy atom. The Balaban J connectivity index is 1.60. The largest absolute Gasteiger partial charge is 0.482 e. The van der Waals surface area contributed by atoms with E-state index >= 15 is 0 Å². The molecule has 4 rings (SSSR count). The molecule has 0 saturated heterocycles. The topological polar surface area (TPSA) is 71.5 Å². The maximum atomic E-state index is 12.5. The summed E-state index contributed by atoms with van der Waals surface area (Å²) in [4.78, 5) is 30.5. The van der Waals surface area contributed by atoms with Gasteiger partial charge in [-0.25, -0.2) is 0 Å². The van der Waals surface area contributed by atoms with Crippen molar-refractivity contribution in [2.45, 2.75) is 13.5 Å². The summed E-state index contributed by atoms with van der Waals surface area (Å²) in [6.07, 6.45) is 3.13. The number of hydrogen-bond acceptors (Lipinski definition) is 4. The van der Waals surface area contributed by atoms with Crippen LogP contribution in [0.15, 0.2) is 67.0 Å². The number of anilines is 2. The molecule has 0 radical (unpaired) electrons. The fourth-order valence-electron chi connectivity index (χ4n) is 3.04. The molecule has 2 aromatic carbocycles. The van der Waals surface area contributed by atoms with Crippen LogP contribution in [0.25, 0.3) is 0 Å². The third-order valence-electron chi connectivity index (χ3n) is 4.56. The number of nitrogens with one attached hydrogen (secondary N) is 1. The van der Waals surface area contributed by atoms with Crippen molar-refractivity contribution in [3.05, 3.63) is 83.7 Å². The van der Waals surface area contributed by atoms with E-state index in [0.29, 0.717) is 29.2 Å². The number of pyridine rings is 1. The maximum Gasteiger partial charge on any atom is 0.265 e. The van der Waals surface area contributed by atoms with Crippen LogP contribution in [-0.4, -0.2) is 23.4 Å². The smallest absolute Gasteiger partial charge is 0.265 e. The summed E-state index contributed by atoms with van der Waals surface area (Å²) in [5.74, 6) is 0.259. The number of benzene rings is 2.